The van der Waals surface area contributed by atoms with Gasteiger partial charge >= 0.3 is 0 Å². The van der Waals surface area contributed by atoms with Gasteiger partial charge in [-0.1, -0.05) is 42.8 Å². The van der Waals surface area contributed by atoms with Crippen molar-refractivity contribution in [3.63, 3.8) is 0 Å². The zero-order valence-electron chi connectivity index (χ0n) is 16.0. The van der Waals surface area contributed by atoms with E-state index in [9.17, 15) is 4.79 Å². The van der Waals surface area contributed by atoms with Crippen LogP contribution in [0.1, 0.15) is 36.0 Å². The third-order valence-corrected chi connectivity index (χ3v) is 6.15. The Hall–Kier alpha value is -2.72. The zero-order valence-corrected chi connectivity index (χ0v) is 16.0. The highest BCUT2D eigenvalue weighted by molar-refractivity contribution is 6.06. The van der Waals surface area contributed by atoms with Crippen LogP contribution in [0.4, 0.5) is 5.69 Å². The lowest BCUT2D eigenvalue weighted by Crippen LogP contribution is -2.54. The molecule has 2 bridgehead atoms. The lowest BCUT2D eigenvalue weighted by molar-refractivity contribution is 0.0612. The van der Waals surface area contributed by atoms with Gasteiger partial charge in [-0.05, 0) is 55.4 Å². The van der Waals surface area contributed by atoms with Gasteiger partial charge in [-0.25, -0.2) is 10.0 Å². The number of amides is 1. The molecular formula is C24H25N3O. The highest BCUT2D eigenvalue weighted by atomic mass is 16.2. The van der Waals surface area contributed by atoms with E-state index in [4.69, 9.17) is 0 Å². The number of para-hydroxylation sites is 1. The highest BCUT2D eigenvalue weighted by Gasteiger charge is 2.35. The van der Waals surface area contributed by atoms with E-state index >= 15 is 0 Å². The SMILES string of the molecule is O=C(c1ccccc1)N(c1cnc2ccccc2c1)N1CC2CCCC(C2)C1. The van der Waals surface area contributed by atoms with Crippen LogP contribution in [0.15, 0.2) is 66.9 Å². The average molecular weight is 371 g/mol. The van der Waals surface area contributed by atoms with Crippen LogP contribution in [-0.4, -0.2) is 29.0 Å². The summed E-state index contributed by atoms with van der Waals surface area (Å²) in [5.41, 5.74) is 2.52. The Kier molecular flexibility index (Phi) is 4.57. The Morgan fingerprint density at radius 3 is 2.46 bits per heavy atom. The number of pyridine rings is 1. The lowest BCUT2D eigenvalue weighted by Gasteiger charge is -2.45. The number of piperidine rings is 1. The number of anilines is 1. The molecule has 5 rings (SSSR count). The minimum absolute atomic E-state index is 0.0256. The normalized spacial score (nSPS) is 22.1. The predicted molar refractivity (Wildman–Crippen MR) is 112 cm³/mol. The van der Waals surface area contributed by atoms with Crippen molar-refractivity contribution in [2.24, 2.45) is 11.8 Å². The maximum Gasteiger partial charge on any atom is 0.272 e. The first-order chi connectivity index (χ1) is 13.8. The molecule has 0 radical (unpaired) electrons. The third-order valence-electron chi connectivity index (χ3n) is 6.15. The van der Waals surface area contributed by atoms with Crippen LogP contribution in [0.3, 0.4) is 0 Å². The van der Waals surface area contributed by atoms with E-state index in [1.54, 1.807) is 0 Å². The lowest BCUT2D eigenvalue weighted by atomic mass is 9.78. The van der Waals surface area contributed by atoms with Crippen LogP contribution >= 0.6 is 0 Å². The smallest absolute Gasteiger partial charge is 0.267 e. The summed E-state index contributed by atoms with van der Waals surface area (Å²) in [4.78, 5) is 18.2. The van der Waals surface area contributed by atoms with Crippen LogP contribution in [-0.2, 0) is 0 Å². The second kappa shape index (κ2) is 7.36. The minimum atomic E-state index is 0.0256. The van der Waals surface area contributed by atoms with Gasteiger partial charge in [0.15, 0.2) is 0 Å². The second-order valence-corrected chi connectivity index (χ2v) is 8.14. The summed E-state index contributed by atoms with van der Waals surface area (Å²) >= 11 is 0. The molecule has 4 nitrogen and oxygen atoms in total. The van der Waals surface area contributed by atoms with Crippen LogP contribution in [0, 0.1) is 11.8 Å². The molecule has 1 amide bonds. The Bertz CT molecular complexity index is 975. The number of carbonyl (C=O) groups excluding carboxylic acids is 1. The summed E-state index contributed by atoms with van der Waals surface area (Å²) in [6, 6.07) is 19.8. The predicted octanol–water partition coefficient (Wildman–Crippen LogP) is 4.92. The van der Waals surface area contributed by atoms with Crippen molar-refractivity contribution in [3.05, 3.63) is 72.4 Å². The fraction of sp³-hybridized carbons (Fsp3) is 0.333. The summed E-state index contributed by atoms with van der Waals surface area (Å²) in [5.74, 6) is 1.40. The monoisotopic (exact) mass is 371 g/mol. The number of benzene rings is 2. The number of carbonyl (C=O) groups is 1. The highest BCUT2D eigenvalue weighted by Crippen LogP contribution is 2.36. The molecule has 2 atom stereocenters. The fourth-order valence-corrected chi connectivity index (χ4v) is 4.86. The first-order valence-corrected chi connectivity index (χ1v) is 10.3. The molecule has 142 valence electrons. The molecule has 2 heterocycles. The van der Waals surface area contributed by atoms with Crippen molar-refractivity contribution in [1.82, 2.24) is 9.99 Å². The minimum Gasteiger partial charge on any atom is -0.267 e. The van der Waals surface area contributed by atoms with Crippen molar-refractivity contribution >= 4 is 22.5 Å². The molecule has 1 saturated heterocycles. The van der Waals surface area contributed by atoms with Crippen molar-refractivity contribution < 1.29 is 4.79 Å². The first-order valence-electron chi connectivity index (χ1n) is 10.3. The number of rotatable bonds is 3. The van der Waals surface area contributed by atoms with Gasteiger partial charge in [0, 0.05) is 24.0 Å². The Labute approximate surface area is 165 Å². The molecule has 2 aliphatic rings. The van der Waals surface area contributed by atoms with Gasteiger partial charge in [0.05, 0.1) is 17.4 Å². The Balaban J connectivity index is 1.56. The summed E-state index contributed by atoms with van der Waals surface area (Å²) in [6.45, 7) is 1.89. The van der Waals surface area contributed by atoms with Gasteiger partial charge in [0.2, 0.25) is 0 Å². The molecule has 1 aliphatic heterocycles. The van der Waals surface area contributed by atoms with Crippen LogP contribution in [0.25, 0.3) is 10.9 Å². The van der Waals surface area contributed by atoms with E-state index in [0.717, 1.165) is 29.7 Å². The number of nitrogens with zero attached hydrogens (tertiary/aromatic N) is 3. The van der Waals surface area contributed by atoms with Gasteiger partial charge in [0.1, 0.15) is 0 Å². The number of hydrogen-bond acceptors (Lipinski definition) is 3. The Morgan fingerprint density at radius 2 is 1.68 bits per heavy atom. The third kappa shape index (κ3) is 3.29. The summed E-state index contributed by atoms with van der Waals surface area (Å²) in [5, 5.41) is 5.22. The fourth-order valence-electron chi connectivity index (χ4n) is 4.86. The van der Waals surface area contributed by atoms with Crippen LogP contribution in [0.5, 0.6) is 0 Å². The van der Waals surface area contributed by atoms with E-state index in [0.29, 0.717) is 17.4 Å². The Morgan fingerprint density at radius 1 is 0.964 bits per heavy atom. The van der Waals surface area contributed by atoms with Crippen molar-refractivity contribution in [2.45, 2.75) is 25.7 Å². The molecule has 0 spiro atoms. The molecule has 3 aromatic rings. The number of hydrazine groups is 1. The number of hydrogen-bond donors (Lipinski definition) is 0. The van der Waals surface area contributed by atoms with Crippen molar-refractivity contribution in [1.29, 1.82) is 0 Å². The quantitative estimate of drug-likeness (QED) is 0.656. The standard InChI is InChI=1S/C24H25N3O/c28-24(20-9-2-1-3-10-20)27(26-16-18-7-6-8-19(13-18)17-26)22-14-21-11-4-5-12-23(21)25-15-22/h1-5,9-12,14-15,18-19H,6-8,13,16-17H2. The maximum absolute atomic E-state index is 13.6. The van der Waals surface area contributed by atoms with Gasteiger partial charge < -0.3 is 0 Å². The average Bonchev–Trinajstić information content (AvgIpc) is 2.74. The molecule has 2 fully saturated rings. The second-order valence-electron chi connectivity index (χ2n) is 8.14. The van der Waals surface area contributed by atoms with Crippen LogP contribution < -0.4 is 5.01 Å². The molecule has 2 aromatic carbocycles. The van der Waals surface area contributed by atoms with Crippen LogP contribution in [0.2, 0.25) is 0 Å². The summed E-state index contributed by atoms with van der Waals surface area (Å²) in [6.07, 6.45) is 7.02. The van der Waals surface area contributed by atoms with Gasteiger partial charge in [-0.2, -0.15) is 0 Å². The van der Waals surface area contributed by atoms with E-state index in [2.05, 4.69) is 22.1 Å². The zero-order chi connectivity index (χ0) is 18.9. The molecule has 2 unspecified atom stereocenters. The van der Waals surface area contributed by atoms with E-state index < -0.39 is 0 Å². The molecule has 1 aromatic heterocycles. The molecule has 4 heteroatoms. The number of fused-ring (bicyclic) bond motifs is 3. The van der Waals surface area contributed by atoms with E-state index in [1.807, 2.05) is 59.7 Å². The first kappa shape index (κ1) is 17.4. The van der Waals surface area contributed by atoms with E-state index in [-0.39, 0.29) is 5.91 Å². The van der Waals surface area contributed by atoms with Gasteiger partial charge in [-0.3, -0.25) is 9.78 Å². The number of aromatic nitrogens is 1. The molecule has 1 saturated carbocycles. The maximum atomic E-state index is 13.6. The van der Waals surface area contributed by atoms with Crippen molar-refractivity contribution in [3.8, 4) is 0 Å². The summed E-state index contributed by atoms with van der Waals surface area (Å²) in [7, 11) is 0. The van der Waals surface area contributed by atoms with E-state index in [1.165, 1.54) is 25.7 Å². The summed E-state index contributed by atoms with van der Waals surface area (Å²) < 4.78 is 0. The van der Waals surface area contributed by atoms with Gasteiger partial charge in [0.25, 0.3) is 5.91 Å². The molecule has 1 aliphatic carbocycles. The molecular weight excluding hydrogens is 346 g/mol. The molecule has 0 N–H and O–H groups in total. The molecule has 28 heavy (non-hydrogen) atoms. The van der Waals surface area contributed by atoms with Gasteiger partial charge in [-0.15, -0.1) is 0 Å². The topological polar surface area (TPSA) is 36.4 Å². The van der Waals surface area contributed by atoms with Crippen molar-refractivity contribution in [2.75, 3.05) is 18.1 Å². The largest absolute Gasteiger partial charge is 0.272 e.